The van der Waals surface area contributed by atoms with Gasteiger partial charge in [0.2, 0.25) is 5.75 Å². The zero-order chi connectivity index (χ0) is 28.8. The molecule has 210 valence electrons. The largest absolute Gasteiger partial charge is 0.493 e. The molecule has 0 aliphatic carbocycles. The minimum Gasteiger partial charge on any atom is -0.493 e. The summed E-state index contributed by atoms with van der Waals surface area (Å²) in [6.45, 7) is 0. The second kappa shape index (κ2) is 12.3. The van der Waals surface area contributed by atoms with Gasteiger partial charge in [-0.15, -0.1) is 0 Å². The van der Waals surface area contributed by atoms with E-state index in [1.807, 2.05) is 24.3 Å². The molecule has 0 aliphatic rings. The Morgan fingerprint density at radius 3 is 1.80 bits per heavy atom. The Balaban J connectivity index is 1.90. The standard InChI is InChI=1S/C30H32N2O8/c1-34-21-9-8-18(13-22(21)35-2)27(28-20-16-24(37-4)23(36-3)12-17(20)10-11-31-28)32-30(33)19-14-25(38-5)29(40-7)26(15-19)39-6/h8-16,27H,1-7H3,(H,32,33)/t27-/m1/s1. The molecule has 4 rings (SSSR count). The van der Waals surface area contributed by atoms with Crippen LogP contribution in [-0.2, 0) is 0 Å². The highest BCUT2D eigenvalue weighted by Crippen LogP contribution is 2.40. The number of hydrogen-bond acceptors (Lipinski definition) is 9. The molecular formula is C30H32N2O8. The van der Waals surface area contributed by atoms with Crippen LogP contribution >= 0.6 is 0 Å². The molecule has 1 N–H and O–H groups in total. The third-order valence-corrected chi connectivity index (χ3v) is 6.52. The van der Waals surface area contributed by atoms with Crippen LogP contribution in [0.25, 0.3) is 10.8 Å². The zero-order valence-corrected chi connectivity index (χ0v) is 23.5. The van der Waals surface area contributed by atoms with Crippen molar-refractivity contribution in [2.45, 2.75) is 6.04 Å². The first-order chi connectivity index (χ1) is 19.4. The van der Waals surface area contributed by atoms with E-state index >= 15 is 0 Å². The monoisotopic (exact) mass is 548 g/mol. The number of benzene rings is 3. The van der Waals surface area contributed by atoms with Crippen molar-refractivity contribution < 1.29 is 38.0 Å². The van der Waals surface area contributed by atoms with Gasteiger partial charge in [-0.05, 0) is 53.4 Å². The number of aromatic nitrogens is 1. The molecule has 40 heavy (non-hydrogen) atoms. The van der Waals surface area contributed by atoms with Gasteiger partial charge in [-0.3, -0.25) is 9.78 Å². The van der Waals surface area contributed by atoms with E-state index in [1.165, 1.54) is 21.3 Å². The lowest BCUT2D eigenvalue weighted by Crippen LogP contribution is -2.30. The van der Waals surface area contributed by atoms with E-state index in [1.54, 1.807) is 58.9 Å². The molecular weight excluding hydrogens is 516 g/mol. The minimum absolute atomic E-state index is 0.305. The summed E-state index contributed by atoms with van der Waals surface area (Å²) in [5.74, 6) is 2.88. The van der Waals surface area contributed by atoms with Crippen LogP contribution in [0.3, 0.4) is 0 Å². The number of fused-ring (bicyclic) bond motifs is 1. The second-order valence-electron chi connectivity index (χ2n) is 8.56. The fourth-order valence-corrected chi connectivity index (χ4v) is 4.52. The van der Waals surface area contributed by atoms with Gasteiger partial charge in [-0.25, -0.2) is 0 Å². The summed E-state index contributed by atoms with van der Waals surface area (Å²) in [6.07, 6.45) is 1.68. The van der Waals surface area contributed by atoms with Gasteiger partial charge in [0.05, 0.1) is 61.5 Å². The Morgan fingerprint density at radius 1 is 0.650 bits per heavy atom. The van der Waals surface area contributed by atoms with Crippen molar-refractivity contribution in [2.75, 3.05) is 49.8 Å². The van der Waals surface area contributed by atoms with Gasteiger partial charge in [-0.2, -0.15) is 0 Å². The van der Waals surface area contributed by atoms with Crippen molar-refractivity contribution in [3.63, 3.8) is 0 Å². The number of ether oxygens (including phenoxy) is 7. The summed E-state index contributed by atoms with van der Waals surface area (Å²) in [5, 5.41) is 4.76. The minimum atomic E-state index is -0.701. The Labute approximate surface area is 232 Å². The number of nitrogens with zero attached hydrogens (tertiary/aromatic N) is 1. The molecule has 0 radical (unpaired) electrons. The number of nitrogens with one attached hydrogen (secondary N) is 1. The summed E-state index contributed by atoms with van der Waals surface area (Å²) >= 11 is 0. The fourth-order valence-electron chi connectivity index (χ4n) is 4.52. The van der Waals surface area contributed by atoms with Crippen LogP contribution in [0.5, 0.6) is 40.2 Å². The predicted octanol–water partition coefficient (Wildman–Crippen LogP) is 4.81. The molecule has 3 aromatic carbocycles. The number of carbonyl (C=O) groups is 1. The number of amides is 1. The van der Waals surface area contributed by atoms with E-state index in [9.17, 15) is 4.79 Å². The third kappa shape index (κ3) is 5.33. The highest BCUT2D eigenvalue weighted by molar-refractivity contribution is 5.97. The molecule has 0 bridgehead atoms. The quantitative estimate of drug-likeness (QED) is 0.282. The van der Waals surface area contributed by atoms with Crippen molar-refractivity contribution >= 4 is 16.7 Å². The van der Waals surface area contributed by atoms with Gasteiger partial charge < -0.3 is 38.5 Å². The van der Waals surface area contributed by atoms with Gasteiger partial charge in [-0.1, -0.05) is 6.07 Å². The number of methoxy groups -OCH3 is 7. The first kappa shape index (κ1) is 28.2. The maximum absolute atomic E-state index is 13.8. The van der Waals surface area contributed by atoms with Crippen LogP contribution in [-0.4, -0.2) is 60.7 Å². The van der Waals surface area contributed by atoms with Gasteiger partial charge in [0.25, 0.3) is 5.91 Å². The third-order valence-electron chi connectivity index (χ3n) is 6.52. The lowest BCUT2D eigenvalue weighted by atomic mass is 9.97. The topological polar surface area (TPSA) is 107 Å². The molecule has 1 heterocycles. The molecule has 10 heteroatoms. The highest BCUT2D eigenvalue weighted by atomic mass is 16.5. The van der Waals surface area contributed by atoms with Gasteiger partial charge in [0.15, 0.2) is 34.5 Å². The lowest BCUT2D eigenvalue weighted by molar-refractivity contribution is 0.0941. The van der Waals surface area contributed by atoms with Crippen LogP contribution in [0.4, 0.5) is 0 Å². The molecule has 1 aromatic heterocycles. The SMILES string of the molecule is COc1ccc([C@@H](NC(=O)c2cc(OC)c(OC)c(OC)c2)c2nccc3cc(OC)c(OC)cc23)cc1OC. The number of pyridine rings is 1. The average molecular weight is 549 g/mol. The number of carbonyl (C=O) groups excluding carboxylic acids is 1. The van der Waals surface area contributed by atoms with Crippen molar-refractivity contribution in [3.05, 3.63) is 71.5 Å². The Morgan fingerprint density at radius 2 is 1.23 bits per heavy atom. The summed E-state index contributed by atoms with van der Waals surface area (Å²) < 4.78 is 38.3. The summed E-state index contributed by atoms with van der Waals surface area (Å²) in [4.78, 5) is 18.5. The molecule has 0 saturated carbocycles. The molecule has 0 spiro atoms. The van der Waals surface area contributed by atoms with E-state index in [-0.39, 0.29) is 0 Å². The maximum Gasteiger partial charge on any atom is 0.252 e. The molecule has 0 saturated heterocycles. The highest BCUT2D eigenvalue weighted by Gasteiger charge is 2.25. The zero-order valence-electron chi connectivity index (χ0n) is 23.5. The molecule has 4 aromatic rings. The first-order valence-electron chi connectivity index (χ1n) is 12.3. The number of hydrogen-bond donors (Lipinski definition) is 1. The molecule has 10 nitrogen and oxygen atoms in total. The fraction of sp³-hybridized carbons (Fsp3) is 0.267. The van der Waals surface area contributed by atoms with Gasteiger partial charge in [0.1, 0.15) is 0 Å². The Bertz CT molecular complexity index is 1500. The predicted molar refractivity (Wildman–Crippen MR) is 150 cm³/mol. The van der Waals surface area contributed by atoms with E-state index in [4.69, 9.17) is 38.1 Å². The van der Waals surface area contributed by atoms with Crippen molar-refractivity contribution in [2.24, 2.45) is 0 Å². The maximum atomic E-state index is 13.8. The summed E-state index contributed by atoms with van der Waals surface area (Å²) in [7, 11) is 10.8. The van der Waals surface area contributed by atoms with E-state index in [2.05, 4.69) is 5.32 Å². The van der Waals surface area contributed by atoms with Crippen molar-refractivity contribution in [3.8, 4) is 40.2 Å². The first-order valence-corrected chi connectivity index (χ1v) is 12.3. The van der Waals surface area contributed by atoms with E-state index in [0.29, 0.717) is 57.1 Å². The smallest absolute Gasteiger partial charge is 0.252 e. The molecule has 1 amide bonds. The van der Waals surface area contributed by atoms with Crippen LogP contribution in [0.15, 0.2) is 54.7 Å². The summed E-state index contributed by atoms with van der Waals surface area (Å²) in [6, 6.07) is 13.5. The number of rotatable bonds is 11. The Kier molecular flexibility index (Phi) is 8.68. The summed E-state index contributed by atoms with van der Waals surface area (Å²) in [5.41, 5.74) is 1.61. The van der Waals surface area contributed by atoms with Crippen LogP contribution in [0.2, 0.25) is 0 Å². The van der Waals surface area contributed by atoms with Crippen LogP contribution in [0.1, 0.15) is 27.7 Å². The molecule has 0 unspecified atom stereocenters. The average Bonchev–Trinajstić information content (AvgIpc) is 3.01. The van der Waals surface area contributed by atoms with Crippen LogP contribution in [0, 0.1) is 0 Å². The molecule has 1 atom stereocenters. The van der Waals surface area contributed by atoms with Crippen LogP contribution < -0.4 is 38.5 Å². The van der Waals surface area contributed by atoms with E-state index in [0.717, 1.165) is 10.8 Å². The lowest BCUT2D eigenvalue weighted by Gasteiger charge is -2.23. The Hall–Kier alpha value is -4.86. The normalized spacial score (nSPS) is 11.4. The van der Waals surface area contributed by atoms with Crippen molar-refractivity contribution in [1.82, 2.24) is 10.3 Å². The van der Waals surface area contributed by atoms with E-state index < -0.39 is 11.9 Å². The molecule has 0 fully saturated rings. The van der Waals surface area contributed by atoms with Gasteiger partial charge >= 0.3 is 0 Å². The molecule has 0 aliphatic heterocycles. The van der Waals surface area contributed by atoms with Gasteiger partial charge in [0, 0.05) is 17.1 Å². The second-order valence-corrected chi connectivity index (χ2v) is 8.56. The van der Waals surface area contributed by atoms with Crippen molar-refractivity contribution in [1.29, 1.82) is 0 Å².